The molecular weight excluding hydrogens is 762 g/mol. The Morgan fingerprint density at radius 1 is 0.719 bits per heavy atom. The summed E-state index contributed by atoms with van der Waals surface area (Å²) in [6, 6.07) is 0. The van der Waals surface area contributed by atoms with Crippen molar-refractivity contribution < 1.29 is 54.2 Å². The fraction of sp³-hybridized carbons (Fsp3) is 0.590. The van der Waals surface area contributed by atoms with Gasteiger partial charge in [-0.15, -0.1) is 0 Å². The first kappa shape index (κ1) is 40.6. The summed E-state index contributed by atoms with van der Waals surface area (Å²) in [5.74, 6) is -2.55. The van der Waals surface area contributed by atoms with E-state index < -0.39 is 46.9 Å². The number of fused-ring (bicyclic) bond motifs is 6. The zero-order chi connectivity index (χ0) is 40.6. The molecule has 2 fully saturated rings. The lowest BCUT2D eigenvalue weighted by Crippen LogP contribution is -2.32. The maximum Gasteiger partial charge on any atom is 0.421 e. The van der Waals surface area contributed by atoms with Crippen LogP contribution in [0.3, 0.4) is 0 Å². The van der Waals surface area contributed by atoms with Crippen LogP contribution >= 0.6 is 0 Å². The Kier molecular flexibility index (Phi) is 11.6. The Bertz CT molecular complexity index is 2080. The maximum absolute atomic E-state index is 13.9. The first-order valence-electron chi connectivity index (χ1n) is 19.5. The Labute approximate surface area is 324 Å². The molecule has 18 heteroatoms. The minimum Gasteiger partial charge on any atom is -0.460 e. The fourth-order valence-electron chi connectivity index (χ4n) is 8.26. The van der Waals surface area contributed by atoms with Crippen molar-refractivity contribution in [3.8, 4) is 22.5 Å². The molecule has 4 aromatic rings. The zero-order valence-corrected chi connectivity index (χ0v) is 32.1. The number of alkyl halides is 6. The highest BCUT2D eigenvalue weighted by Gasteiger charge is 2.47. The number of aryl methyl sites for hydroxylation is 4. The van der Waals surface area contributed by atoms with Crippen LogP contribution in [0.2, 0.25) is 0 Å². The van der Waals surface area contributed by atoms with Gasteiger partial charge in [0.1, 0.15) is 22.6 Å². The molecular formula is C39H46F6N6O6. The molecule has 0 atom stereocenters. The second-order valence-electron chi connectivity index (χ2n) is 15.0. The predicted molar refractivity (Wildman–Crippen MR) is 192 cm³/mol. The van der Waals surface area contributed by atoms with Crippen molar-refractivity contribution in [1.82, 2.24) is 29.8 Å². The molecule has 0 bridgehead atoms. The SMILES string of the molecule is CCOC(=O)c1oc2c(c1C(F)(F)F)-c1nn(CC3CCN(C)CC3)cc1CC2.CCOC(=O)c1oc2c(c1C(F)(F)F)-c1nn(CC3CCNCC3)cc1CC2. The topological polar surface area (TPSA) is 130 Å². The van der Waals surface area contributed by atoms with Crippen LogP contribution in [-0.4, -0.2) is 82.8 Å². The number of carbonyl (C=O) groups excluding carboxylic acids is 2. The first-order valence-corrected chi connectivity index (χ1v) is 19.5. The number of ether oxygens (including phenoxy) is 2. The number of hydrogen-bond acceptors (Lipinski definition) is 10. The van der Waals surface area contributed by atoms with Crippen LogP contribution in [0.4, 0.5) is 26.3 Å². The Balaban J connectivity index is 0.000000174. The van der Waals surface area contributed by atoms with Gasteiger partial charge in [0.05, 0.1) is 35.7 Å². The lowest BCUT2D eigenvalue weighted by atomic mass is 9.93. The van der Waals surface area contributed by atoms with Gasteiger partial charge in [0, 0.05) is 38.3 Å². The number of halogens is 6. The summed E-state index contributed by atoms with van der Waals surface area (Å²) in [5.41, 5.74) is -0.321. The van der Waals surface area contributed by atoms with E-state index in [-0.39, 0.29) is 47.2 Å². The number of carbonyl (C=O) groups is 2. The average molecular weight is 809 g/mol. The smallest absolute Gasteiger partial charge is 0.421 e. The van der Waals surface area contributed by atoms with Gasteiger partial charge in [-0.3, -0.25) is 9.36 Å². The van der Waals surface area contributed by atoms with E-state index in [0.29, 0.717) is 50.6 Å². The number of likely N-dealkylation sites (tertiary alicyclic amines) is 1. The van der Waals surface area contributed by atoms with Crippen LogP contribution in [0.1, 0.15) is 94.4 Å². The zero-order valence-electron chi connectivity index (χ0n) is 32.1. The van der Waals surface area contributed by atoms with Crippen LogP contribution in [0, 0.1) is 11.8 Å². The van der Waals surface area contributed by atoms with E-state index in [4.69, 9.17) is 18.3 Å². The molecule has 6 heterocycles. The average Bonchev–Trinajstić information content (AvgIpc) is 3.94. The Hall–Kier alpha value is -4.58. The van der Waals surface area contributed by atoms with Crippen molar-refractivity contribution in [2.24, 2.45) is 11.8 Å². The van der Waals surface area contributed by atoms with Crippen molar-refractivity contribution in [3.63, 3.8) is 0 Å². The van der Waals surface area contributed by atoms with Crippen molar-refractivity contribution in [2.45, 2.75) is 90.7 Å². The van der Waals surface area contributed by atoms with E-state index in [2.05, 4.69) is 27.5 Å². The third-order valence-corrected chi connectivity index (χ3v) is 11.0. The van der Waals surface area contributed by atoms with E-state index in [1.807, 2.05) is 12.4 Å². The molecule has 4 aromatic heterocycles. The highest BCUT2D eigenvalue weighted by Crippen LogP contribution is 2.48. The van der Waals surface area contributed by atoms with Crippen molar-refractivity contribution in [2.75, 3.05) is 46.4 Å². The lowest BCUT2D eigenvalue weighted by Gasteiger charge is -2.28. The molecule has 1 N–H and O–H groups in total. The summed E-state index contributed by atoms with van der Waals surface area (Å²) in [4.78, 5) is 26.4. The van der Waals surface area contributed by atoms with Crippen molar-refractivity contribution in [3.05, 3.63) is 57.7 Å². The highest BCUT2D eigenvalue weighted by molar-refractivity contribution is 5.93. The van der Waals surface area contributed by atoms with E-state index >= 15 is 0 Å². The van der Waals surface area contributed by atoms with Crippen molar-refractivity contribution in [1.29, 1.82) is 0 Å². The molecule has 0 aromatic carbocycles. The number of aromatic nitrogens is 4. The molecule has 0 saturated carbocycles. The number of nitrogens with one attached hydrogen (secondary N) is 1. The predicted octanol–water partition coefficient (Wildman–Crippen LogP) is 7.22. The summed E-state index contributed by atoms with van der Waals surface area (Å²) < 4.78 is 107. The largest absolute Gasteiger partial charge is 0.460 e. The molecule has 2 aliphatic heterocycles. The van der Waals surface area contributed by atoms with Gasteiger partial charge in [-0.2, -0.15) is 36.5 Å². The molecule has 4 aliphatic rings. The summed E-state index contributed by atoms with van der Waals surface area (Å²) >= 11 is 0. The second-order valence-corrected chi connectivity index (χ2v) is 15.0. The normalized spacial score (nSPS) is 17.6. The molecule has 57 heavy (non-hydrogen) atoms. The van der Waals surface area contributed by atoms with Gasteiger partial charge >= 0.3 is 24.3 Å². The molecule has 310 valence electrons. The lowest BCUT2D eigenvalue weighted by molar-refractivity contribution is -0.138. The maximum atomic E-state index is 13.9. The van der Waals surface area contributed by atoms with Crippen molar-refractivity contribution >= 4 is 11.9 Å². The summed E-state index contributed by atoms with van der Waals surface area (Å²) in [6.07, 6.45) is -0.0510. The van der Waals surface area contributed by atoms with Gasteiger partial charge in [0.2, 0.25) is 11.5 Å². The summed E-state index contributed by atoms with van der Waals surface area (Å²) in [5, 5.41) is 12.3. The number of furan rings is 2. The quantitative estimate of drug-likeness (QED) is 0.144. The second kappa shape index (κ2) is 16.3. The molecule has 0 spiro atoms. The fourth-order valence-corrected chi connectivity index (χ4v) is 8.26. The number of nitrogens with zero attached hydrogens (tertiary/aromatic N) is 5. The molecule has 0 radical (unpaired) electrons. The minimum absolute atomic E-state index is 0.0298. The molecule has 12 nitrogen and oxygen atoms in total. The van der Waals surface area contributed by atoms with Gasteiger partial charge < -0.3 is 28.5 Å². The summed E-state index contributed by atoms with van der Waals surface area (Å²) in [7, 11) is 2.09. The molecule has 2 aliphatic carbocycles. The van der Waals surface area contributed by atoms with Crippen LogP contribution in [0.25, 0.3) is 22.5 Å². The van der Waals surface area contributed by atoms with E-state index in [1.165, 1.54) is 13.8 Å². The number of hydrogen-bond donors (Lipinski definition) is 1. The molecule has 0 unspecified atom stereocenters. The van der Waals surface area contributed by atoms with Gasteiger partial charge in [-0.1, -0.05) is 0 Å². The van der Waals surface area contributed by atoms with Gasteiger partial charge in [-0.25, -0.2) is 9.59 Å². The van der Waals surface area contributed by atoms with Crippen LogP contribution in [0.5, 0.6) is 0 Å². The Morgan fingerprint density at radius 3 is 1.54 bits per heavy atom. The summed E-state index contributed by atoms with van der Waals surface area (Å²) in [6.45, 7) is 8.28. The number of rotatable bonds is 8. The van der Waals surface area contributed by atoms with E-state index in [9.17, 15) is 35.9 Å². The van der Waals surface area contributed by atoms with Crippen LogP contribution < -0.4 is 5.32 Å². The highest BCUT2D eigenvalue weighted by atomic mass is 19.4. The van der Waals surface area contributed by atoms with E-state index in [0.717, 1.165) is 63.0 Å². The number of esters is 2. The monoisotopic (exact) mass is 808 g/mol. The molecule has 2 saturated heterocycles. The standard InChI is InChI=1S/C20H24F3N3O3.C19H22F3N3O3/c1-3-28-19(27)18-16(20(21,22)23)15-14(29-18)5-4-13-11-26(24-17(13)15)10-12-6-8-25(2)9-7-12;1-2-27-18(26)17-15(19(20,21)22)14-13(28-17)4-3-12-10-25(24-16(12)14)9-11-5-7-23-8-6-11/h11-12H,3-10H2,1-2H3;10-11,23H,2-9H2,1H3. The minimum atomic E-state index is -4.74. The van der Waals surface area contributed by atoms with Gasteiger partial charge in [-0.05, 0) is 109 Å². The van der Waals surface area contributed by atoms with Crippen LogP contribution in [0.15, 0.2) is 21.2 Å². The molecule has 0 amide bonds. The Morgan fingerprint density at radius 2 is 1.14 bits per heavy atom. The first-order chi connectivity index (χ1) is 27.2. The van der Waals surface area contributed by atoms with Gasteiger partial charge in [0.15, 0.2) is 0 Å². The van der Waals surface area contributed by atoms with Gasteiger partial charge in [0.25, 0.3) is 0 Å². The number of piperidine rings is 2. The van der Waals surface area contributed by atoms with Crippen LogP contribution in [-0.2, 0) is 60.6 Å². The molecule has 8 rings (SSSR count). The third kappa shape index (κ3) is 8.52. The third-order valence-electron chi connectivity index (χ3n) is 11.0. The van der Waals surface area contributed by atoms with E-state index in [1.54, 1.807) is 9.36 Å².